The number of hydrogen-bond acceptors (Lipinski definition) is 3. The maximum Gasteiger partial charge on any atom is 0.237 e. The minimum atomic E-state index is -0.425. The Labute approximate surface area is 133 Å². The molecule has 2 unspecified atom stereocenters. The third kappa shape index (κ3) is 4.55. The molecule has 0 aromatic heterocycles. The van der Waals surface area contributed by atoms with Crippen LogP contribution in [0.4, 0.5) is 0 Å². The van der Waals surface area contributed by atoms with Crippen LogP contribution in [-0.4, -0.2) is 31.2 Å². The lowest BCUT2D eigenvalue weighted by Crippen LogP contribution is -2.49. The Balaban J connectivity index is 1.87. The smallest absolute Gasteiger partial charge is 0.237 e. The number of carbonyl (C=O) groups excluding carboxylic acids is 1. The van der Waals surface area contributed by atoms with Crippen molar-refractivity contribution in [2.75, 3.05) is 13.2 Å². The maximum atomic E-state index is 12.3. The molecule has 122 valence electrons. The van der Waals surface area contributed by atoms with Crippen molar-refractivity contribution in [3.8, 4) is 0 Å². The van der Waals surface area contributed by atoms with E-state index < -0.39 is 6.04 Å². The van der Waals surface area contributed by atoms with Crippen molar-refractivity contribution < 1.29 is 9.53 Å². The van der Waals surface area contributed by atoms with Crippen LogP contribution >= 0.6 is 0 Å². The van der Waals surface area contributed by atoms with Crippen LogP contribution in [0.5, 0.6) is 0 Å². The lowest BCUT2D eigenvalue weighted by Gasteiger charge is -2.28. The van der Waals surface area contributed by atoms with E-state index in [2.05, 4.69) is 37.4 Å². The average molecular weight is 304 g/mol. The first-order valence-electron chi connectivity index (χ1n) is 8.17. The van der Waals surface area contributed by atoms with Gasteiger partial charge in [0.1, 0.15) is 0 Å². The van der Waals surface area contributed by atoms with Crippen molar-refractivity contribution in [1.82, 2.24) is 5.32 Å². The Bertz CT molecular complexity index is 510. The molecule has 0 aliphatic carbocycles. The molecule has 1 fully saturated rings. The number of hydrogen-bond donors (Lipinski definition) is 2. The van der Waals surface area contributed by atoms with Crippen LogP contribution in [0.15, 0.2) is 18.2 Å². The van der Waals surface area contributed by atoms with E-state index in [0.29, 0.717) is 13.2 Å². The lowest BCUT2D eigenvalue weighted by atomic mass is 9.91. The third-order valence-electron chi connectivity index (χ3n) is 4.49. The summed E-state index contributed by atoms with van der Waals surface area (Å²) in [5, 5.41) is 3.06. The van der Waals surface area contributed by atoms with Gasteiger partial charge in [0.25, 0.3) is 0 Å². The predicted molar refractivity (Wildman–Crippen MR) is 88.7 cm³/mol. The predicted octanol–water partition coefficient (Wildman–Crippen LogP) is 2.10. The summed E-state index contributed by atoms with van der Waals surface area (Å²) in [6, 6.07) is 6.10. The molecule has 0 spiro atoms. The Hall–Kier alpha value is -1.39. The number of ether oxygens (including phenoxy) is 1. The minimum Gasteiger partial charge on any atom is -0.381 e. The zero-order valence-corrected chi connectivity index (χ0v) is 13.9. The molecule has 22 heavy (non-hydrogen) atoms. The zero-order chi connectivity index (χ0) is 16.1. The van der Waals surface area contributed by atoms with Gasteiger partial charge in [-0.1, -0.05) is 23.8 Å². The number of amides is 1. The van der Waals surface area contributed by atoms with Gasteiger partial charge in [0.05, 0.1) is 6.04 Å². The van der Waals surface area contributed by atoms with E-state index in [4.69, 9.17) is 10.5 Å². The van der Waals surface area contributed by atoms with Crippen LogP contribution in [-0.2, 0) is 16.0 Å². The first-order valence-corrected chi connectivity index (χ1v) is 8.17. The van der Waals surface area contributed by atoms with Crippen molar-refractivity contribution in [2.24, 2.45) is 11.7 Å². The summed E-state index contributed by atoms with van der Waals surface area (Å²) in [6.45, 7) is 7.67. The zero-order valence-electron chi connectivity index (χ0n) is 13.9. The molecule has 3 N–H and O–H groups in total. The summed E-state index contributed by atoms with van der Waals surface area (Å²) in [4.78, 5) is 12.3. The fraction of sp³-hybridized carbons (Fsp3) is 0.611. The fourth-order valence-corrected chi connectivity index (χ4v) is 3.08. The Morgan fingerprint density at radius 3 is 2.68 bits per heavy atom. The van der Waals surface area contributed by atoms with Crippen LogP contribution in [0, 0.1) is 19.8 Å². The molecule has 1 aromatic rings. The van der Waals surface area contributed by atoms with Crippen molar-refractivity contribution in [3.05, 3.63) is 34.9 Å². The standard InChI is InChI=1S/C18H28N2O2/c1-12-4-5-16(13(2)10-12)11-14(3)20-18(21)17(19)15-6-8-22-9-7-15/h4-5,10,14-15,17H,6-9,11,19H2,1-3H3,(H,20,21). The van der Waals surface area contributed by atoms with Crippen molar-refractivity contribution >= 4 is 5.91 Å². The second-order valence-electron chi connectivity index (χ2n) is 6.52. The molecule has 1 aliphatic rings. The minimum absolute atomic E-state index is 0.0378. The monoisotopic (exact) mass is 304 g/mol. The Morgan fingerprint density at radius 2 is 2.05 bits per heavy atom. The highest BCUT2D eigenvalue weighted by atomic mass is 16.5. The molecule has 1 heterocycles. The molecule has 1 amide bonds. The first kappa shape index (κ1) is 17.0. The van der Waals surface area contributed by atoms with Crippen molar-refractivity contribution in [1.29, 1.82) is 0 Å². The van der Waals surface area contributed by atoms with Gasteiger partial charge in [0, 0.05) is 19.3 Å². The molecule has 2 atom stereocenters. The number of nitrogens with two attached hydrogens (primary N) is 1. The number of benzene rings is 1. The van der Waals surface area contributed by atoms with Gasteiger partial charge in [0.2, 0.25) is 5.91 Å². The largest absolute Gasteiger partial charge is 0.381 e. The molecule has 4 nitrogen and oxygen atoms in total. The maximum absolute atomic E-state index is 12.3. The molecule has 0 bridgehead atoms. The molecular weight excluding hydrogens is 276 g/mol. The molecule has 0 radical (unpaired) electrons. The van der Waals surface area contributed by atoms with Gasteiger partial charge in [-0.05, 0) is 57.1 Å². The van der Waals surface area contributed by atoms with E-state index in [-0.39, 0.29) is 17.9 Å². The highest BCUT2D eigenvalue weighted by Crippen LogP contribution is 2.18. The summed E-state index contributed by atoms with van der Waals surface area (Å²) in [5.41, 5.74) is 9.93. The topological polar surface area (TPSA) is 64.4 Å². The van der Waals surface area contributed by atoms with Crippen LogP contribution in [0.25, 0.3) is 0 Å². The number of nitrogens with one attached hydrogen (secondary N) is 1. The summed E-state index contributed by atoms with van der Waals surface area (Å²) in [5.74, 6) is 0.200. The van der Waals surface area contributed by atoms with Gasteiger partial charge in [-0.15, -0.1) is 0 Å². The normalized spacial score (nSPS) is 18.7. The SMILES string of the molecule is Cc1ccc(CC(C)NC(=O)C(N)C2CCOCC2)c(C)c1. The summed E-state index contributed by atoms with van der Waals surface area (Å²) < 4.78 is 5.33. The highest BCUT2D eigenvalue weighted by molar-refractivity contribution is 5.82. The number of carbonyl (C=O) groups is 1. The summed E-state index contributed by atoms with van der Waals surface area (Å²) in [6.07, 6.45) is 2.58. The second-order valence-corrected chi connectivity index (χ2v) is 6.52. The quantitative estimate of drug-likeness (QED) is 0.875. The molecule has 1 saturated heterocycles. The van der Waals surface area contributed by atoms with Crippen LogP contribution in [0.1, 0.15) is 36.5 Å². The average Bonchev–Trinajstić information content (AvgIpc) is 2.50. The van der Waals surface area contributed by atoms with Crippen LogP contribution in [0.3, 0.4) is 0 Å². The van der Waals surface area contributed by atoms with Crippen molar-refractivity contribution in [3.63, 3.8) is 0 Å². The van der Waals surface area contributed by atoms with Crippen molar-refractivity contribution in [2.45, 2.75) is 52.1 Å². The number of aryl methyl sites for hydroxylation is 2. The molecule has 1 aromatic carbocycles. The van der Waals surface area contributed by atoms with E-state index in [1.807, 2.05) is 6.92 Å². The van der Waals surface area contributed by atoms with Gasteiger partial charge in [-0.25, -0.2) is 0 Å². The Morgan fingerprint density at radius 1 is 1.36 bits per heavy atom. The fourth-order valence-electron chi connectivity index (χ4n) is 3.08. The first-order chi connectivity index (χ1) is 10.5. The van der Waals surface area contributed by atoms with E-state index in [9.17, 15) is 4.79 Å². The van der Waals surface area contributed by atoms with Gasteiger partial charge >= 0.3 is 0 Å². The van der Waals surface area contributed by atoms with Crippen LogP contribution < -0.4 is 11.1 Å². The van der Waals surface area contributed by atoms with Gasteiger partial charge in [0.15, 0.2) is 0 Å². The van der Waals surface area contributed by atoms with Crippen LogP contribution in [0.2, 0.25) is 0 Å². The second kappa shape index (κ2) is 7.75. The van der Waals surface area contributed by atoms with Gasteiger partial charge < -0.3 is 15.8 Å². The lowest BCUT2D eigenvalue weighted by molar-refractivity contribution is -0.124. The van der Waals surface area contributed by atoms with E-state index in [0.717, 1.165) is 19.3 Å². The molecule has 1 aliphatic heterocycles. The van der Waals surface area contributed by atoms with E-state index in [1.165, 1.54) is 16.7 Å². The van der Waals surface area contributed by atoms with Gasteiger partial charge in [-0.2, -0.15) is 0 Å². The molecule has 0 saturated carbocycles. The van der Waals surface area contributed by atoms with E-state index in [1.54, 1.807) is 0 Å². The Kier molecular flexibility index (Phi) is 5.98. The van der Waals surface area contributed by atoms with E-state index >= 15 is 0 Å². The summed E-state index contributed by atoms with van der Waals surface area (Å²) >= 11 is 0. The molecule has 4 heteroatoms. The molecular formula is C18H28N2O2. The van der Waals surface area contributed by atoms with Gasteiger partial charge in [-0.3, -0.25) is 4.79 Å². The third-order valence-corrected chi connectivity index (χ3v) is 4.49. The summed E-state index contributed by atoms with van der Waals surface area (Å²) in [7, 11) is 0. The highest BCUT2D eigenvalue weighted by Gasteiger charge is 2.27. The molecule has 2 rings (SSSR count). The number of rotatable bonds is 5.